The summed E-state index contributed by atoms with van der Waals surface area (Å²) < 4.78 is 0. The third-order valence-electron chi connectivity index (χ3n) is 1.96. The Morgan fingerprint density at radius 2 is 2.45 bits per heavy atom. The topological polar surface area (TPSA) is 93.5 Å². The van der Waals surface area contributed by atoms with E-state index in [9.17, 15) is 4.79 Å². The molecule has 1 atom stereocenters. The molecule has 1 amide bonds. The fraction of sp³-hybridized carbons (Fsp3) is 0.667. The summed E-state index contributed by atoms with van der Waals surface area (Å²) in [6.45, 7) is 0. The third-order valence-corrected chi connectivity index (χ3v) is 1.96. The quantitative estimate of drug-likeness (QED) is 0.260. The van der Waals surface area contributed by atoms with Gasteiger partial charge < -0.3 is 5.84 Å². The fourth-order valence-electron chi connectivity index (χ4n) is 1.29. The molecule has 0 bridgehead atoms. The first kappa shape index (κ1) is 8.00. The van der Waals surface area contributed by atoms with Crippen molar-refractivity contribution in [2.24, 2.45) is 22.7 Å². The molecule has 11 heavy (non-hydrogen) atoms. The summed E-state index contributed by atoms with van der Waals surface area (Å²) in [7, 11) is 0. The normalized spacial score (nSPS) is 27.4. The lowest BCUT2D eigenvalue weighted by Gasteiger charge is -2.03. The monoisotopic (exact) mass is 156 g/mol. The number of hydrazine groups is 1. The SMILES string of the molecule is N/N=C1\CCC(C(=O)NN)C1. The van der Waals surface area contributed by atoms with Crippen molar-refractivity contribution in [2.75, 3.05) is 0 Å². The molecule has 0 spiro atoms. The molecular formula is C6H12N4O. The molecule has 0 saturated heterocycles. The number of nitrogens with zero attached hydrogens (tertiary/aromatic N) is 1. The minimum absolute atomic E-state index is 0.0256. The highest BCUT2D eigenvalue weighted by Gasteiger charge is 2.26. The van der Waals surface area contributed by atoms with Crippen LogP contribution >= 0.6 is 0 Å². The van der Waals surface area contributed by atoms with Crippen molar-refractivity contribution in [3.8, 4) is 0 Å². The Morgan fingerprint density at radius 1 is 1.73 bits per heavy atom. The lowest BCUT2D eigenvalue weighted by atomic mass is 10.1. The molecule has 1 fully saturated rings. The van der Waals surface area contributed by atoms with E-state index < -0.39 is 0 Å². The third kappa shape index (κ3) is 1.68. The molecule has 1 aliphatic carbocycles. The highest BCUT2D eigenvalue weighted by molar-refractivity contribution is 5.92. The Balaban J connectivity index is 2.48. The molecule has 1 rings (SSSR count). The Bertz CT molecular complexity index is 189. The molecule has 5 N–H and O–H groups in total. The van der Waals surface area contributed by atoms with Gasteiger partial charge in [-0.1, -0.05) is 0 Å². The average Bonchev–Trinajstić information content (AvgIpc) is 2.50. The average molecular weight is 156 g/mol. The van der Waals surface area contributed by atoms with Crippen LogP contribution in [0.2, 0.25) is 0 Å². The summed E-state index contributed by atoms with van der Waals surface area (Å²) in [6, 6.07) is 0. The van der Waals surface area contributed by atoms with E-state index >= 15 is 0 Å². The van der Waals surface area contributed by atoms with Crippen LogP contribution < -0.4 is 17.1 Å². The van der Waals surface area contributed by atoms with Crippen LogP contribution in [0.1, 0.15) is 19.3 Å². The van der Waals surface area contributed by atoms with Gasteiger partial charge in [0.1, 0.15) is 0 Å². The van der Waals surface area contributed by atoms with Gasteiger partial charge in [-0.2, -0.15) is 5.10 Å². The van der Waals surface area contributed by atoms with Gasteiger partial charge in [-0.15, -0.1) is 0 Å². The van der Waals surface area contributed by atoms with Gasteiger partial charge >= 0.3 is 0 Å². The molecule has 5 nitrogen and oxygen atoms in total. The van der Waals surface area contributed by atoms with E-state index in [0.29, 0.717) is 6.42 Å². The minimum atomic E-state index is -0.122. The number of amides is 1. The van der Waals surface area contributed by atoms with Crippen LogP contribution in [0.4, 0.5) is 0 Å². The van der Waals surface area contributed by atoms with E-state index in [1.54, 1.807) is 0 Å². The molecule has 0 aromatic heterocycles. The maximum Gasteiger partial charge on any atom is 0.237 e. The van der Waals surface area contributed by atoms with Crippen molar-refractivity contribution >= 4 is 11.6 Å². The first-order chi connectivity index (χ1) is 5.27. The zero-order valence-corrected chi connectivity index (χ0v) is 6.21. The zero-order valence-electron chi connectivity index (χ0n) is 6.21. The van der Waals surface area contributed by atoms with Crippen LogP contribution in [0, 0.1) is 5.92 Å². The smallest absolute Gasteiger partial charge is 0.237 e. The van der Waals surface area contributed by atoms with Gasteiger partial charge in [-0.3, -0.25) is 10.2 Å². The van der Waals surface area contributed by atoms with Crippen molar-refractivity contribution in [1.82, 2.24) is 5.43 Å². The van der Waals surface area contributed by atoms with Gasteiger partial charge in [0.05, 0.1) is 0 Å². The van der Waals surface area contributed by atoms with E-state index in [1.165, 1.54) is 0 Å². The molecular weight excluding hydrogens is 144 g/mol. The maximum atomic E-state index is 10.9. The van der Waals surface area contributed by atoms with Gasteiger partial charge in [0, 0.05) is 11.6 Å². The number of nitrogens with one attached hydrogen (secondary N) is 1. The predicted octanol–water partition coefficient (Wildman–Crippen LogP) is -0.909. The number of hydrogen-bond donors (Lipinski definition) is 3. The first-order valence-electron chi connectivity index (χ1n) is 3.54. The second-order valence-electron chi connectivity index (χ2n) is 2.64. The Hall–Kier alpha value is -1.10. The summed E-state index contributed by atoms with van der Waals surface area (Å²) >= 11 is 0. The second-order valence-corrected chi connectivity index (χ2v) is 2.64. The summed E-state index contributed by atoms with van der Waals surface area (Å²) in [6.07, 6.45) is 2.27. The Morgan fingerprint density at radius 3 is 2.91 bits per heavy atom. The molecule has 0 aromatic carbocycles. The highest BCUT2D eigenvalue weighted by atomic mass is 16.2. The summed E-state index contributed by atoms with van der Waals surface area (Å²) in [5.74, 6) is 9.88. The van der Waals surface area contributed by atoms with E-state index in [-0.39, 0.29) is 11.8 Å². The number of carbonyl (C=O) groups excluding carboxylic acids is 1. The number of rotatable bonds is 1. The molecule has 0 aromatic rings. The maximum absolute atomic E-state index is 10.9. The van der Waals surface area contributed by atoms with Crippen molar-refractivity contribution in [2.45, 2.75) is 19.3 Å². The summed E-state index contributed by atoms with van der Waals surface area (Å²) in [5, 5.41) is 3.55. The summed E-state index contributed by atoms with van der Waals surface area (Å²) in [4.78, 5) is 10.9. The Kier molecular flexibility index (Phi) is 2.43. The number of hydrogen-bond acceptors (Lipinski definition) is 4. The van der Waals surface area contributed by atoms with Crippen LogP contribution in [-0.4, -0.2) is 11.6 Å². The van der Waals surface area contributed by atoms with Crippen LogP contribution in [0.5, 0.6) is 0 Å². The molecule has 0 radical (unpaired) electrons. The lowest BCUT2D eigenvalue weighted by Crippen LogP contribution is -2.34. The minimum Gasteiger partial charge on any atom is -0.323 e. The van der Waals surface area contributed by atoms with Crippen molar-refractivity contribution in [3.05, 3.63) is 0 Å². The van der Waals surface area contributed by atoms with E-state index in [0.717, 1.165) is 18.6 Å². The van der Waals surface area contributed by atoms with Gasteiger partial charge in [0.2, 0.25) is 5.91 Å². The fourth-order valence-corrected chi connectivity index (χ4v) is 1.29. The predicted molar refractivity (Wildman–Crippen MR) is 41.3 cm³/mol. The molecule has 1 aliphatic rings. The van der Waals surface area contributed by atoms with Gasteiger partial charge in [0.15, 0.2) is 0 Å². The van der Waals surface area contributed by atoms with Gasteiger partial charge in [0.25, 0.3) is 0 Å². The summed E-state index contributed by atoms with van der Waals surface area (Å²) in [5.41, 5.74) is 3.02. The largest absolute Gasteiger partial charge is 0.323 e. The standard InChI is InChI=1S/C6H12N4O/c7-9-5-2-1-4(3-5)6(11)10-8/h4H,1-3,7-8H2,(H,10,11)/b9-5+. The van der Waals surface area contributed by atoms with E-state index in [2.05, 4.69) is 10.5 Å². The van der Waals surface area contributed by atoms with Crippen LogP contribution in [0.3, 0.4) is 0 Å². The molecule has 5 heteroatoms. The Labute approximate surface area is 64.8 Å². The van der Waals surface area contributed by atoms with Crippen LogP contribution in [0.25, 0.3) is 0 Å². The van der Waals surface area contributed by atoms with Gasteiger partial charge in [-0.05, 0) is 19.3 Å². The van der Waals surface area contributed by atoms with E-state index in [4.69, 9.17) is 11.7 Å². The lowest BCUT2D eigenvalue weighted by molar-refractivity contribution is -0.124. The molecule has 0 aliphatic heterocycles. The number of nitrogens with two attached hydrogens (primary N) is 2. The first-order valence-corrected chi connectivity index (χ1v) is 3.54. The number of hydrazone groups is 1. The van der Waals surface area contributed by atoms with Crippen molar-refractivity contribution in [3.63, 3.8) is 0 Å². The van der Waals surface area contributed by atoms with Crippen molar-refractivity contribution in [1.29, 1.82) is 0 Å². The molecule has 62 valence electrons. The number of carbonyl (C=O) groups is 1. The van der Waals surface area contributed by atoms with Crippen molar-refractivity contribution < 1.29 is 4.79 Å². The van der Waals surface area contributed by atoms with E-state index in [1.807, 2.05) is 0 Å². The zero-order chi connectivity index (χ0) is 8.27. The highest BCUT2D eigenvalue weighted by Crippen LogP contribution is 2.22. The van der Waals surface area contributed by atoms with Gasteiger partial charge in [-0.25, -0.2) is 5.84 Å². The molecule has 1 saturated carbocycles. The molecule has 1 unspecified atom stereocenters. The van der Waals surface area contributed by atoms with Crippen LogP contribution in [-0.2, 0) is 4.79 Å². The van der Waals surface area contributed by atoms with Crippen LogP contribution in [0.15, 0.2) is 5.10 Å². The molecule has 0 heterocycles. The second kappa shape index (κ2) is 3.34.